The van der Waals surface area contributed by atoms with E-state index in [-0.39, 0.29) is 11.2 Å². The molecule has 108 valence electrons. The maximum atomic E-state index is 12.3. The second-order valence-electron chi connectivity index (χ2n) is 4.34. The van der Waals surface area contributed by atoms with Gasteiger partial charge in [0.05, 0.1) is 11.4 Å². The average molecular weight is 297 g/mol. The third-order valence-corrected chi connectivity index (χ3v) is 3.49. The van der Waals surface area contributed by atoms with Crippen molar-refractivity contribution in [2.24, 2.45) is 7.05 Å². The van der Waals surface area contributed by atoms with Gasteiger partial charge in [-0.2, -0.15) is 8.42 Å². The molecule has 0 aliphatic heterocycles. The van der Waals surface area contributed by atoms with Crippen LogP contribution in [-0.4, -0.2) is 28.2 Å². The molecule has 0 atom stereocenters. The summed E-state index contributed by atoms with van der Waals surface area (Å²) in [5, 5.41) is 2.46. The standard InChI is InChI=1S/C12H15N3O4S/c1-9-11(13-8-20(17,18)19)12(16)15(14(9)2)10-6-4-3-5-7-10/h3-7,13H,8H2,1-2H3,(H,17,18,19). The van der Waals surface area contributed by atoms with Crippen molar-refractivity contribution in [3.63, 3.8) is 0 Å². The molecule has 0 radical (unpaired) electrons. The van der Waals surface area contributed by atoms with E-state index in [0.29, 0.717) is 11.4 Å². The number of hydrogen-bond donors (Lipinski definition) is 2. The van der Waals surface area contributed by atoms with Crippen molar-refractivity contribution in [3.8, 4) is 5.69 Å². The Balaban J connectivity index is 2.50. The smallest absolute Gasteiger partial charge is 0.295 e. The van der Waals surface area contributed by atoms with E-state index >= 15 is 0 Å². The molecule has 2 N–H and O–H groups in total. The number of rotatable bonds is 4. The van der Waals surface area contributed by atoms with Crippen molar-refractivity contribution in [1.29, 1.82) is 0 Å². The summed E-state index contributed by atoms with van der Waals surface area (Å²) in [6, 6.07) is 8.98. The van der Waals surface area contributed by atoms with Gasteiger partial charge >= 0.3 is 0 Å². The maximum absolute atomic E-state index is 12.3. The van der Waals surface area contributed by atoms with E-state index in [9.17, 15) is 13.2 Å². The van der Waals surface area contributed by atoms with Gasteiger partial charge in [-0.1, -0.05) is 18.2 Å². The lowest BCUT2D eigenvalue weighted by Crippen LogP contribution is -2.22. The molecule has 0 aliphatic carbocycles. The topological polar surface area (TPSA) is 93.3 Å². The highest BCUT2D eigenvalue weighted by Gasteiger charge is 2.17. The van der Waals surface area contributed by atoms with Crippen LogP contribution in [0.15, 0.2) is 35.1 Å². The second-order valence-corrected chi connectivity index (χ2v) is 5.79. The molecule has 0 spiro atoms. The molecule has 1 aromatic heterocycles. The highest BCUT2D eigenvalue weighted by Crippen LogP contribution is 2.13. The lowest BCUT2D eigenvalue weighted by molar-refractivity contribution is 0.485. The minimum atomic E-state index is -4.19. The van der Waals surface area contributed by atoms with E-state index in [1.165, 1.54) is 4.68 Å². The van der Waals surface area contributed by atoms with Gasteiger partial charge in [0.1, 0.15) is 11.6 Å². The zero-order valence-electron chi connectivity index (χ0n) is 11.1. The monoisotopic (exact) mass is 297 g/mol. The number of anilines is 1. The summed E-state index contributed by atoms with van der Waals surface area (Å²) in [5.74, 6) is -0.706. The highest BCUT2D eigenvalue weighted by molar-refractivity contribution is 7.85. The molecule has 7 nitrogen and oxygen atoms in total. The van der Waals surface area contributed by atoms with E-state index in [4.69, 9.17) is 4.55 Å². The fourth-order valence-corrected chi connectivity index (χ4v) is 2.26. The molecule has 0 saturated carbocycles. The number of aromatic nitrogens is 2. The van der Waals surface area contributed by atoms with Crippen LogP contribution < -0.4 is 10.9 Å². The summed E-state index contributed by atoms with van der Waals surface area (Å²) in [6.07, 6.45) is 0. The summed E-state index contributed by atoms with van der Waals surface area (Å²) in [6.45, 7) is 1.69. The largest absolute Gasteiger partial charge is 0.364 e. The van der Waals surface area contributed by atoms with Gasteiger partial charge in [0, 0.05) is 7.05 Å². The van der Waals surface area contributed by atoms with Crippen LogP contribution in [0.3, 0.4) is 0 Å². The molecule has 0 fully saturated rings. The first-order valence-electron chi connectivity index (χ1n) is 5.84. The molecular formula is C12H15N3O4S. The molecule has 0 saturated heterocycles. The van der Waals surface area contributed by atoms with Crippen LogP contribution in [0.4, 0.5) is 5.69 Å². The zero-order chi connectivity index (χ0) is 14.9. The Morgan fingerprint density at radius 1 is 1.25 bits per heavy atom. The number of nitrogens with zero attached hydrogens (tertiary/aromatic N) is 2. The number of benzene rings is 1. The quantitative estimate of drug-likeness (QED) is 0.812. The van der Waals surface area contributed by atoms with Crippen LogP contribution in [0, 0.1) is 6.92 Å². The van der Waals surface area contributed by atoms with Crippen molar-refractivity contribution in [2.45, 2.75) is 6.92 Å². The van der Waals surface area contributed by atoms with E-state index in [0.717, 1.165) is 0 Å². The number of para-hydroxylation sites is 1. The minimum Gasteiger partial charge on any atom is -0.364 e. The number of hydrogen-bond acceptors (Lipinski definition) is 4. The minimum absolute atomic E-state index is 0.147. The molecule has 1 aromatic carbocycles. The van der Waals surface area contributed by atoms with Gasteiger partial charge in [-0.3, -0.25) is 14.0 Å². The van der Waals surface area contributed by atoms with Crippen LogP contribution in [0.5, 0.6) is 0 Å². The summed E-state index contributed by atoms with van der Waals surface area (Å²) in [7, 11) is -2.50. The van der Waals surface area contributed by atoms with Gasteiger partial charge in [-0.05, 0) is 19.1 Å². The van der Waals surface area contributed by atoms with E-state index in [1.54, 1.807) is 42.9 Å². The fourth-order valence-electron chi connectivity index (χ4n) is 1.94. The Kier molecular flexibility index (Phi) is 3.69. The first-order chi connectivity index (χ1) is 9.31. The predicted octanol–water partition coefficient (Wildman–Crippen LogP) is 0.742. The maximum Gasteiger partial charge on any atom is 0.295 e. The highest BCUT2D eigenvalue weighted by atomic mass is 32.2. The molecular weight excluding hydrogens is 282 g/mol. The lowest BCUT2D eigenvalue weighted by Gasteiger charge is -2.07. The molecule has 20 heavy (non-hydrogen) atoms. The molecule has 8 heteroatoms. The SMILES string of the molecule is Cc1c(NCS(=O)(=O)O)c(=O)n(-c2ccccc2)n1C. The number of nitrogens with one attached hydrogen (secondary N) is 1. The first-order valence-corrected chi connectivity index (χ1v) is 7.45. The molecule has 2 rings (SSSR count). The van der Waals surface area contributed by atoms with Crippen molar-refractivity contribution in [1.82, 2.24) is 9.36 Å². The third kappa shape index (κ3) is 2.75. The van der Waals surface area contributed by atoms with Gasteiger partial charge in [0.25, 0.3) is 15.7 Å². The molecule has 1 heterocycles. The van der Waals surface area contributed by atoms with Crippen LogP contribution in [-0.2, 0) is 17.2 Å². The molecule has 0 aliphatic rings. The fraction of sp³-hybridized carbons (Fsp3) is 0.250. The molecule has 0 bridgehead atoms. The van der Waals surface area contributed by atoms with Crippen molar-refractivity contribution in [2.75, 3.05) is 11.2 Å². The van der Waals surface area contributed by atoms with Crippen LogP contribution in [0.2, 0.25) is 0 Å². The van der Waals surface area contributed by atoms with E-state index in [2.05, 4.69) is 5.32 Å². The first kappa shape index (κ1) is 14.4. The van der Waals surface area contributed by atoms with Crippen molar-refractivity contribution in [3.05, 3.63) is 46.4 Å². The summed E-state index contributed by atoms with van der Waals surface area (Å²) < 4.78 is 33.3. The van der Waals surface area contributed by atoms with Gasteiger partial charge in [0.2, 0.25) is 0 Å². The average Bonchev–Trinajstić information content (AvgIpc) is 2.59. The Bertz CT molecular complexity index is 775. The van der Waals surface area contributed by atoms with Crippen LogP contribution in [0.1, 0.15) is 5.69 Å². The summed E-state index contributed by atoms with van der Waals surface area (Å²) in [4.78, 5) is 12.3. The normalized spacial score (nSPS) is 11.6. The summed E-state index contributed by atoms with van der Waals surface area (Å²) >= 11 is 0. The molecule has 0 unspecified atom stereocenters. The van der Waals surface area contributed by atoms with Crippen LogP contribution >= 0.6 is 0 Å². The predicted molar refractivity (Wildman–Crippen MR) is 75.8 cm³/mol. The van der Waals surface area contributed by atoms with Crippen molar-refractivity contribution < 1.29 is 13.0 Å². The molecule has 0 amide bonds. The van der Waals surface area contributed by atoms with Crippen molar-refractivity contribution >= 4 is 15.8 Å². The third-order valence-electron chi connectivity index (χ3n) is 2.99. The Labute approximate surface area is 116 Å². The Hall–Kier alpha value is -2.06. The van der Waals surface area contributed by atoms with Gasteiger partial charge < -0.3 is 5.32 Å². The lowest BCUT2D eigenvalue weighted by atomic mass is 10.3. The Morgan fingerprint density at radius 2 is 1.85 bits per heavy atom. The van der Waals surface area contributed by atoms with Crippen LogP contribution in [0.25, 0.3) is 5.69 Å². The van der Waals surface area contributed by atoms with E-state index in [1.807, 2.05) is 6.07 Å². The molecule has 2 aromatic rings. The Morgan fingerprint density at radius 3 is 2.40 bits per heavy atom. The zero-order valence-corrected chi connectivity index (χ0v) is 11.9. The van der Waals surface area contributed by atoms with E-state index < -0.39 is 16.0 Å². The summed E-state index contributed by atoms with van der Waals surface area (Å²) in [5.41, 5.74) is 1.01. The second kappa shape index (κ2) is 5.14. The van der Waals surface area contributed by atoms with Gasteiger partial charge in [-0.25, -0.2) is 4.68 Å². The van der Waals surface area contributed by atoms with Gasteiger partial charge in [-0.15, -0.1) is 0 Å². The van der Waals surface area contributed by atoms with Gasteiger partial charge in [0.15, 0.2) is 0 Å².